The van der Waals surface area contributed by atoms with Crippen molar-refractivity contribution in [2.45, 2.75) is 6.92 Å². The molecular weight excluding hydrogens is 327 g/mol. The number of hydrogen-bond acceptors (Lipinski definition) is 2. The molecule has 1 aromatic heterocycles. The summed E-state index contributed by atoms with van der Waals surface area (Å²) < 4.78 is 14.1. The van der Waals surface area contributed by atoms with Gasteiger partial charge in [0.15, 0.2) is 0 Å². The third kappa shape index (κ3) is 2.59. The second kappa shape index (κ2) is 4.88. The molecular formula is C12H7BrClFOS. The van der Waals surface area contributed by atoms with Crippen LogP contribution in [0.25, 0.3) is 0 Å². The average Bonchev–Trinajstić information content (AvgIpc) is 2.62. The van der Waals surface area contributed by atoms with E-state index in [0.717, 1.165) is 15.4 Å². The standard InChI is InChI=1S/C12H7BrClFOS/c1-6-8(13)5-11(17-6)12(16)7-2-3-9(14)10(15)4-7/h2-5H,1H3. The highest BCUT2D eigenvalue weighted by molar-refractivity contribution is 9.10. The minimum absolute atomic E-state index is 0.0186. The zero-order valence-corrected chi connectivity index (χ0v) is 11.9. The third-order valence-electron chi connectivity index (χ3n) is 2.26. The van der Waals surface area contributed by atoms with Crippen LogP contribution in [0.2, 0.25) is 5.02 Å². The van der Waals surface area contributed by atoms with E-state index in [0.29, 0.717) is 10.4 Å². The molecule has 0 radical (unpaired) electrons. The Morgan fingerprint density at radius 3 is 2.65 bits per heavy atom. The molecule has 2 aromatic rings. The van der Waals surface area contributed by atoms with E-state index in [1.807, 2.05) is 6.92 Å². The van der Waals surface area contributed by atoms with E-state index < -0.39 is 5.82 Å². The SMILES string of the molecule is Cc1sc(C(=O)c2ccc(Cl)c(F)c2)cc1Br. The lowest BCUT2D eigenvalue weighted by molar-refractivity contribution is 0.104. The Bertz CT molecular complexity index is 575. The summed E-state index contributed by atoms with van der Waals surface area (Å²) in [4.78, 5) is 13.7. The molecule has 1 heterocycles. The Morgan fingerprint density at radius 1 is 1.41 bits per heavy atom. The molecule has 0 saturated heterocycles. The van der Waals surface area contributed by atoms with Gasteiger partial charge >= 0.3 is 0 Å². The van der Waals surface area contributed by atoms with Crippen LogP contribution in [0, 0.1) is 12.7 Å². The fourth-order valence-corrected chi connectivity index (χ4v) is 2.97. The molecule has 0 bridgehead atoms. The van der Waals surface area contributed by atoms with Gasteiger partial charge in [-0.1, -0.05) is 11.6 Å². The normalized spacial score (nSPS) is 10.6. The third-order valence-corrected chi connectivity index (χ3v) is 4.70. The van der Waals surface area contributed by atoms with Crippen LogP contribution < -0.4 is 0 Å². The number of halogens is 3. The lowest BCUT2D eigenvalue weighted by Crippen LogP contribution is -1.99. The maximum Gasteiger partial charge on any atom is 0.203 e. The lowest BCUT2D eigenvalue weighted by atomic mass is 10.1. The van der Waals surface area contributed by atoms with Crippen LogP contribution in [0.1, 0.15) is 20.1 Å². The second-order valence-electron chi connectivity index (χ2n) is 3.47. The Morgan fingerprint density at radius 2 is 2.12 bits per heavy atom. The van der Waals surface area contributed by atoms with Gasteiger partial charge in [-0.15, -0.1) is 11.3 Å². The number of hydrogen-bond donors (Lipinski definition) is 0. The molecule has 0 fully saturated rings. The number of carbonyl (C=O) groups excluding carboxylic acids is 1. The number of carbonyl (C=O) groups is 1. The number of aryl methyl sites for hydroxylation is 1. The first-order valence-electron chi connectivity index (χ1n) is 4.74. The van der Waals surface area contributed by atoms with Crippen molar-refractivity contribution in [2.24, 2.45) is 0 Å². The van der Waals surface area contributed by atoms with Crippen molar-refractivity contribution in [3.05, 3.63) is 54.9 Å². The van der Waals surface area contributed by atoms with Gasteiger partial charge in [-0.05, 0) is 47.1 Å². The summed E-state index contributed by atoms with van der Waals surface area (Å²) in [6, 6.07) is 5.82. The Kier molecular flexibility index (Phi) is 3.66. The highest BCUT2D eigenvalue weighted by atomic mass is 79.9. The van der Waals surface area contributed by atoms with Gasteiger partial charge in [0.25, 0.3) is 0 Å². The maximum atomic E-state index is 13.2. The van der Waals surface area contributed by atoms with Gasteiger partial charge in [-0.2, -0.15) is 0 Å². The minimum atomic E-state index is -0.579. The van der Waals surface area contributed by atoms with E-state index in [9.17, 15) is 9.18 Å². The van der Waals surface area contributed by atoms with Crippen LogP contribution in [0.5, 0.6) is 0 Å². The fraction of sp³-hybridized carbons (Fsp3) is 0.0833. The van der Waals surface area contributed by atoms with Crippen LogP contribution in [-0.4, -0.2) is 5.78 Å². The largest absolute Gasteiger partial charge is 0.288 e. The second-order valence-corrected chi connectivity index (χ2v) is 5.99. The van der Waals surface area contributed by atoms with E-state index in [1.54, 1.807) is 6.07 Å². The van der Waals surface area contributed by atoms with Gasteiger partial charge in [0.2, 0.25) is 5.78 Å². The number of benzene rings is 1. The first-order valence-corrected chi connectivity index (χ1v) is 6.73. The van der Waals surface area contributed by atoms with Crippen molar-refractivity contribution >= 4 is 44.7 Å². The lowest BCUT2D eigenvalue weighted by Gasteiger charge is -1.99. The molecule has 0 spiro atoms. The van der Waals surface area contributed by atoms with Gasteiger partial charge in [-0.3, -0.25) is 4.79 Å². The molecule has 0 aliphatic carbocycles. The summed E-state index contributed by atoms with van der Waals surface area (Å²) in [6.07, 6.45) is 0. The zero-order valence-electron chi connectivity index (χ0n) is 8.76. The summed E-state index contributed by atoms with van der Waals surface area (Å²) in [7, 11) is 0. The molecule has 0 unspecified atom stereocenters. The highest BCUT2D eigenvalue weighted by Gasteiger charge is 2.14. The predicted molar refractivity (Wildman–Crippen MR) is 71.6 cm³/mol. The van der Waals surface area contributed by atoms with Crippen LogP contribution in [0.15, 0.2) is 28.7 Å². The molecule has 0 amide bonds. The summed E-state index contributed by atoms with van der Waals surface area (Å²) in [5.74, 6) is -0.774. The smallest absolute Gasteiger partial charge is 0.203 e. The molecule has 1 aromatic carbocycles. The zero-order chi connectivity index (χ0) is 12.6. The van der Waals surface area contributed by atoms with Crippen molar-refractivity contribution in [1.82, 2.24) is 0 Å². The van der Waals surface area contributed by atoms with Crippen LogP contribution in [-0.2, 0) is 0 Å². The van der Waals surface area contributed by atoms with Gasteiger partial charge in [-0.25, -0.2) is 4.39 Å². The quantitative estimate of drug-likeness (QED) is 0.719. The highest BCUT2D eigenvalue weighted by Crippen LogP contribution is 2.28. The van der Waals surface area contributed by atoms with E-state index in [2.05, 4.69) is 15.9 Å². The average molecular weight is 334 g/mol. The predicted octanol–water partition coefficient (Wildman–Crippen LogP) is 4.84. The molecule has 2 rings (SSSR count). The van der Waals surface area contributed by atoms with Gasteiger partial charge in [0, 0.05) is 14.9 Å². The van der Waals surface area contributed by atoms with E-state index in [-0.39, 0.29) is 10.8 Å². The van der Waals surface area contributed by atoms with Crippen molar-refractivity contribution in [2.75, 3.05) is 0 Å². The van der Waals surface area contributed by atoms with Gasteiger partial charge < -0.3 is 0 Å². The van der Waals surface area contributed by atoms with Crippen LogP contribution >= 0.6 is 38.9 Å². The molecule has 88 valence electrons. The number of rotatable bonds is 2. The van der Waals surface area contributed by atoms with Crippen LogP contribution in [0.4, 0.5) is 4.39 Å². The molecule has 17 heavy (non-hydrogen) atoms. The topological polar surface area (TPSA) is 17.1 Å². The Balaban J connectivity index is 2.40. The fourth-order valence-electron chi connectivity index (χ4n) is 1.35. The van der Waals surface area contributed by atoms with E-state index in [1.165, 1.54) is 23.5 Å². The first-order chi connectivity index (χ1) is 7.99. The van der Waals surface area contributed by atoms with E-state index in [4.69, 9.17) is 11.6 Å². The van der Waals surface area contributed by atoms with Crippen molar-refractivity contribution in [1.29, 1.82) is 0 Å². The molecule has 0 saturated carbocycles. The summed E-state index contributed by atoms with van der Waals surface area (Å²) in [5.41, 5.74) is 0.306. The molecule has 1 nitrogen and oxygen atoms in total. The molecule has 0 aliphatic rings. The van der Waals surface area contributed by atoms with Gasteiger partial charge in [0.05, 0.1) is 9.90 Å². The maximum absolute atomic E-state index is 13.2. The molecule has 0 atom stereocenters. The van der Waals surface area contributed by atoms with Crippen molar-refractivity contribution < 1.29 is 9.18 Å². The summed E-state index contributed by atoms with van der Waals surface area (Å²) in [6.45, 7) is 1.91. The first kappa shape index (κ1) is 12.7. The molecule has 5 heteroatoms. The molecule has 0 aliphatic heterocycles. The van der Waals surface area contributed by atoms with E-state index >= 15 is 0 Å². The van der Waals surface area contributed by atoms with Gasteiger partial charge in [0.1, 0.15) is 5.82 Å². The monoisotopic (exact) mass is 332 g/mol. The summed E-state index contributed by atoms with van der Waals surface area (Å²) >= 11 is 10.3. The minimum Gasteiger partial charge on any atom is -0.288 e. The Labute approximate surface area is 115 Å². The summed E-state index contributed by atoms with van der Waals surface area (Å²) in [5, 5.41) is 0.0186. The van der Waals surface area contributed by atoms with Crippen LogP contribution in [0.3, 0.4) is 0 Å². The molecule has 0 N–H and O–H groups in total. The van der Waals surface area contributed by atoms with Crippen molar-refractivity contribution in [3.63, 3.8) is 0 Å². The number of ketones is 1. The number of thiophene rings is 1. The Hall–Kier alpha value is -0.710. The van der Waals surface area contributed by atoms with Crippen molar-refractivity contribution in [3.8, 4) is 0 Å².